The monoisotopic (exact) mass is 270 g/mol. The van der Waals surface area contributed by atoms with E-state index in [1.165, 1.54) is 0 Å². The predicted molar refractivity (Wildman–Crippen MR) is 75.6 cm³/mol. The van der Waals surface area contributed by atoms with E-state index in [-0.39, 0.29) is 0 Å². The first-order valence-electron chi connectivity index (χ1n) is 5.54. The zero-order valence-corrected chi connectivity index (χ0v) is 11.4. The molecular formula is C12H15ClN2OS. The first-order chi connectivity index (χ1) is 8.22. The number of hydrogen-bond acceptors (Lipinski definition) is 4. The summed E-state index contributed by atoms with van der Waals surface area (Å²) in [6, 6.07) is 6.08. The molecular weight excluding hydrogens is 256 g/mol. The molecule has 5 heteroatoms. The van der Waals surface area contributed by atoms with Crippen LogP contribution in [0.25, 0.3) is 0 Å². The van der Waals surface area contributed by atoms with E-state index in [2.05, 4.69) is 17.2 Å². The second kappa shape index (κ2) is 5.65. The van der Waals surface area contributed by atoms with E-state index in [0.29, 0.717) is 16.8 Å². The third-order valence-corrected chi connectivity index (χ3v) is 3.91. The van der Waals surface area contributed by atoms with E-state index in [1.54, 1.807) is 18.9 Å². The molecule has 1 aliphatic rings. The lowest BCUT2D eigenvalue weighted by Crippen LogP contribution is -2.05. The third-order valence-electron chi connectivity index (χ3n) is 2.59. The number of halogens is 1. The number of hydrogen-bond donors (Lipinski definition) is 1. The molecule has 0 bridgehead atoms. The molecule has 0 amide bonds. The lowest BCUT2D eigenvalue weighted by atomic mass is 10.3. The van der Waals surface area contributed by atoms with Crippen LogP contribution < -0.4 is 10.1 Å². The SMILES string of the molecule is CCC1CSC(Nc2ccc(OC)c(Cl)c2)=N1. The number of nitrogens with zero attached hydrogens (tertiary/aromatic N) is 1. The van der Waals surface area contributed by atoms with Gasteiger partial charge in [0.1, 0.15) is 5.75 Å². The van der Waals surface area contributed by atoms with Gasteiger partial charge in [-0.3, -0.25) is 4.99 Å². The van der Waals surface area contributed by atoms with Crippen LogP contribution in [0.2, 0.25) is 5.02 Å². The van der Waals surface area contributed by atoms with Crippen LogP contribution in [0.1, 0.15) is 13.3 Å². The Bertz CT molecular complexity index is 437. The fourth-order valence-electron chi connectivity index (χ4n) is 1.56. The molecule has 2 rings (SSSR count). The molecule has 1 aromatic carbocycles. The van der Waals surface area contributed by atoms with Crippen molar-refractivity contribution in [2.45, 2.75) is 19.4 Å². The van der Waals surface area contributed by atoms with Crippen LogP contribution in [0.15, 0.2) is 23.2 Å². The maximum atomic E-state index is 6.06. The number of thioether (sulfide) groups is 1. The van der Waals surface area contributed by atoms with Crippen molar-refractivity contribution in [2.75, 3.05) is 18.2 Å². The molecule has 0 radical (unpaired) electrons. The van der Waals surface area contributed by atoms with E-state index in [0.717, 1.165) is 23.0 Å². The number of nitrogens with one attached hydrogen (secondary N) is 1. The summed E-state index contributed by atoms with van der Waals surface area (Å²) >= 11 is 7.81. The first-order valence-corrected chi connectivity index (χ1v) is 6.90. The van der Waals surface area contributed by atoms with E-state index in [4.69, 9.17) is 16.3 Å². The fourth-order valence-corrected chi connectivity index (χ4v) is 2.89. The van der Waals surface area contributed by atoms with Gasteiger partial charge in [0.25, 0.3) is 0 Å². The molecule has 1 N–H and O–H groups in total. The maximum Gasteiger partial charge on any atom is 0.161 e. The average Bonchev–Trinajstić information content (AvgIpc) is 2.77. The Labute approximate surface area is 111 Å². The summed E-state index contributed by atoms with van der Waals surface area (Å²) in [5, 5.41) is 4.85. The Morgan fingerprint density at radius 3 is 3.00 bits per heavy atom. The Kier molecular flexibility index (Phi) is 4.18. The van der Waals surface area contributed by atoms with Crippen molar-refractivity contribution < 1.29 is 4.74 Å². The molecule has 0 saturated carbocycles. The van der Waals surface area contributed by atoms with Gasteiger partial charge in [-0.05, 0) is 24.6 Å². The number of amidine groups is 1. The Balaban J connectivity index is 2.07. The van der Waals surface area contributed by atoms with Crippen LogP contribution in [-0.4, -0.2) is 24.1 Å². The lowest BCUT2D eigenvalue weighted by molar-refractivity contribution is 0.415. The smallest absolute Gasteiger partial charge is 0.161 e. The molecule has 0 fully saturated rings. The summed E-state index contributed by atoms with van der Waals surface area (Å²) in [7, 11) is 1.61. The number of aliphatic imine (C=N–C) groups is 1. The topological polar surface area (TPSA) is 33.6 Å². The number of benzene rings is 1. The van der Waals surface area contributed by atoms with Crippen molar-refractivity contribution in [3.05, 3.63) is 23.2 Å². The molecule has 1 atom stereocenters. The maximum absolute atomic E-state index is 6.06. The van der Waals surface area contributed by atoms with Gasteiger partial charge < -0.3 is 10.1 Å². The highest BCUT2D eigenvalue weighted by atomic mass is 35.5. The van der Waals surface area contributed by atoms with Crippen LogP contribution in [0.3, 0.4) is 0 Å². The third kappa shape index (κ3) is 3.07. The van der Waals surface area contributed by atoms with Gasteiger partial charge in [0.15, 0.2) is 5.17 Å². The summed E-state index contributed by atoms with van der Waals surface area (Å²) in [5.74, 6) is 1.74. The van der Waals surface area contributed by atoms with Gasteiger partial charge in [0, 0.05) is 11.4 Å². The van der Waals surface area contributed by atoms with Crippen LogP contribution >= 0.6 is 23.4 Å². The van der Waals surface area contributed by atoms with Crippen LogP contribution in [0.5, 0.6) is 5.75 Å². The second-order valence-corrected chi connectivity index (χ2v) is 5.20. The second-order valence-electron chi connectivity index (χ2n) is 3.78. The van der Waals surface area contributed by atoms with Gasteiger partial charge in [-0.15, -0.1) is 0 Å². The minimum absolute atomic E-state index is 0.441. The highest BCUT2D eigenvalue weighted by molar-refractivity contribution is 8.14. The molecule has 0 aliphatic carbocycles. The van der Waals surface area contributed by atoms with Gasteiger partial charge in [-0.2, -0.15) is 0 Å². The predicted octanol–water partition coefficient (Wildman–Crippen LogP) is 3.64. The Hall–Kier alpha value is -0.870. The average molecular weight is 271 g/mol. The standard InChI is InChI=1S/C12H15ClN2OS/c1-3-8-7-17-12(14-8)15-9-4-5-11(16-2)10(13)6-9/h4-6,8H,3,7H2,1-2H3,(H,14,15). The summed E-state index contributed by atoms with van der Waals surface area (Å²) in [4.78, 5) is 4.57. The molecule has 1 unspecified atom stereocenters. The number of rotatable bonds is 3. The summed E-state index contributed by atoms with van der Waals surface area (Å²) in [5.41, 5.74) is 0.943. The molecule has 92 valence electrons. The van der Waals surface area contributed by atoms with Crippen LogP contribution in [0.4, 0.5) is 5.69 Å². The first kappa shape index (κ1) is 12.6. The number of methoxy groups -OCH3 is 1. The van der Waals surface area contributed by atoms with E-state index >= 15 is 0 Å². The van der Waals surface area contributed by atoms with Crippen molar-refractivity contribution in [1.82, 2.24) is 0 Å². The quantitative estimate of drug-likeness (QED) is 0.910. The van der Waals surface area contributed by atoms with E-state index in [1.807, 2.05) is 18.2 Å². The van der Waals surface area contributed by atoms with E-state index in [9.17, 15) is 0 Å². The van der Waals surface area contributed by atoms with Crippen molar-refractivity contribution in [2.24, 2.45) is 4.99 Å². The van der Waals surface area contributed by atoms with Gasteiger partial charge in [0.05, 0.1) is 18.2 Å². The minimum Gasteiger partial charge on any atom is -0.495 e. The largest absolute Gasteiger partial charge is 0.495 e. The van der Waals surface area contributed by atoms with Gasteiger partial charge in [-0.25, -0.2) is 0 Å². The van der Waals surface area contributed by atoms with Crippen LogP contribution in [0, 0.1) is 0 Å². The van der Waals surface area contributed by atoms with Crippen LogP contribution in [-0.2, 0) is 0 Å². The Morgan fingerprint density at radius 1 is 1.59 bits per heavy atom. The van der Waals surface area contributed by atoms with Crippen molar-refractivity contribution in [1.29, 1.82) is 0 Å². The molecule has 3 nitrogen and oxygen atoms in total. The zero-order chi connectivity index (χ0) is 12.3. The zero-order valence-electron chi connectivity index (χ0n) is 9.87. The molecule has 1 aromatic rings. The van der Waals surface area contributed by atoms with Crippen molar-refractivity contribution in [3.8, 4) is 5.75 Å². The van der Waals surface area contributed by atoms with Gasteiger partial charge in [0.2, 0.25) is 0 Å². The fraction of sp³-hybridized carbons (Fsp3) is 0.417. The van der Waals surface area contributed by atoms with Gasteiger partial charge in [-0.1, -0.05) is 30.3 Å². The van der Waals surface area contributed by atoms with E-state index < -0.39 is 0 Å². The normalized spacial score (nSPS) is 19.0. The minimum atomic E-state index is 0.441. The summed E-state index contributed by atoms with van der Waals surface area (Å²) in [6.45, 7) is 2.15. The molecule has 0 aromatic heterocycles. The highest BCUT2D eigenvalue weighted by Crippen LogP contribution is 2.28. The number of ether oxygens (including phenoxy) is 1. The number of anilines is 1. The Morgan fingerprint density at radius 2 is 2.41 bits per heavy atom. The van der Waals surface area contributed by atoms with Gasteiger partial charge >= 0.3 is 0 Å². The molecule has 0 spiro atoms. The molecule has 1 aliphatic heterocycles. The highest BCUT2D eigenvalue weighted by Gasteiger charge is 2.16. The van der Waals surface area contributed by atoms with Crippen molar-refractivity contribution in [3.63, 3.8) is 0 Å². The summed E-state index contributed by atoms with van der Waals surface area (Å²) in [6.07, 6.45) is 1.08. The molecule has 0 saturated heterocycles. The molecule has 17 heavy (non-hydrogen) atoms. The van der Waals surface area contributed by atoms with Crippen molar-refractivity contribution >= 4 is 34.2 Å². The molecule has 1 heterocycles. The summed E-state index contributed by atoms with van der Waals surface area (Å²) < 4.78 is 5.11. The lowest BCUT2D eigenvalue weighted by Gasteiger charge is -2.07.